The van der Waals surface area contributed by atoms with Gasteiger partial charge < -0.3 is 0 Å². The Labute approximate surface area is 83.8 Å². The number of hydrogen-bond acceptors (Lipinski definition) is 2. The second-order valence-corrected chi connectivity index (χ2v) is 4.18. The zero-order chi connectivity index (χ0) is 10.2. The minimum Gasteiger partial charge on any atom is -0.235 e. The fourth-order valence-corrected chi connectivity index (χ4v) is 1.56. The molecule has 2 aromatic heterocycles. The van der Waals surface area contributed by atoms with E-state index in [1.165, 1.54) is 5.56 Å². The van der Waals surface area contributed by atoms with Gasteiger partial charge in [-0.05, 0) is 17.9 Å². The molecule has 2 rings (SSSR count). The average Bonchev–Trinajstić information content (AvgIpc) is 2.64. The Morgan fingerprint density at radius 3 is 2.86 bits per heavy atom. The van der Waals surface area contributed by atoms with Gasteiger partial charge in [-0.1, -0.05) is 20.8 Å². The summed E-state index contributed by atoms with van der Waals surface area (Å²) in [7, 11) is 0. The summed E-state index contributed by atoms with van der Waals surface area (Å²) in [5.41, 5.74) is 2.40. The molecular weight excluding hydrogens is 174 g/mol. The van der Waals surface area contributed by atoms with Crippen molar-refractivity contribution < 1.29 is 0 Å². The number of aromatic nitrogens is 3. The van der Waals surface area contributed by atoms with Crippen LogP contribution in [0.2, 0.25) is 0 Å². The van der Waals surface area contributed by atoms with Gasteiger partial charge in [-0.3, -0.25) is 0 Å². The van der Waals surface area contributed by atoms with E-state index in [4.69, 9.17) is 0 Å². The van der Waals surface area contributed by atoms with E-state index in [1.807, 2.05) is 16.9 Å². The lowest BCUT2D eigenvalue weighted by atomic mass is 9.83. The van der Waals surface area contributed by atoms with Gasteiger partial charge in [-0.25, -0.2) is 9.50 Å². The van der Waals surface area contributed by atoms with Gasteiger partial charge in [0, 0.05) is 24.2 Å². The highest BCUT2D eigenvalue weighted by molar-refractivity contribution is 5.49. The predicted molar refractivity (Wildman–Crippen MR) is 56.3 cm³/mol. The highest BCUT2D eigenvalue weighted by atomic mass is 15.2. The van der Waals surface area contributed by atoms with Crippen LogP contribution in [0.3, 0.4) is 0 Å². The van der Waals surface area contributed by atoms with E-state index in [0.717, 1.165) is 12.1 Å². The minimum atomic E-state index is 0.162. The Morgan fingerprint density at radius 1 is 1.36 bits per heavy atom. The van der Waals surface area contributed by atoms with Gasteiger partial charge in [0.1, 0.15) is 0 Å². The predicted octanol–water partition coefficient (Wildman–Crippen LogP) is 2.42. The first-order chi connectivity index (χ1) is 6.65. The second kappa shape index (κ2) is 3.08. The van der Waals surface area contributed by atoms with Gasteiger partial charge in [0.2, 0.25) is 0 Å². The largest absolute Gasteiger partial charge is 0.235 e. The molecule has 0 fully saturated rings. The van der Waals surface area contributed by atoms with Crippen molar-refractivity contribution in [1.29, 1.82) is 0 Å². The molecule has 0 aliphatic rings. The molecule has 0 atom stereocenters. The van der Waals surface area contributed by atoms with Crippen LogP contribution in [0.5, 0.6) is 0 Å². The molecular formula is C11H15N3. The highest BCUT2D eigenvalue weighted by Crippen LogP contribution is 2.28. The molecule has 2 aromatic rings. The molecule has 0 radical (unpaired) electrons. The second-order valence-electron chi connectivity index (χ2n) is 4.18. The fraction of sp³-hybridized carbons (Fsp3) is 0.455. The zero-order valence-electron chi connectivity index (χ0n) is 8.86. The zero-order valence-corrected chi connectivity index (χ0v) is 8.86. The third-order valence-electron chi connectivity index (χ3n) is 2.91. The van der Waals surface area contributed by atoms with Crippen molar-refractivity contribution in [2.75, 3.05) is 0 Å². The number of fused-ring (bicyclic) bond motifs is 1. The van der Waals surface area contributed by atoms with Crippen molar-refractivity contribution in [3.63, 3.8) is 0 Å². The molecule has 0 N–H and O–H groups in total. The van der Waals surface area contributed by atoms with Crippen molar-refractivity contribution in [2.24, 2.45) is 0 Å². The van der Waals surface area contributed by atoms with Crippen LogP contribution in [0.15, 0.2) is 24.7 Å². The Kier molecular flexibility index (Phi) is 2.02. The molecule has 0 bridgehead atoms. The summed E-state index contributed by atoms with van der Waals surface area (Å²) in [6.07, 6.45) is 6.60. The lowest BCUT2D eigenvalue weighted by Gasteiger charge is -2.23. The lowest BCUT2D eigenvalue weighted by Crippen LogP contribution is -2.17. The van der Waals surface area contributed by atoms with E-state index < -0.39 is 0 Å². The van der Waals surface area contributed by atoms with Gasteiger partial charge in [-0.15, -0.1) is 0 Å². The van der Waals surface area contributed by atoms with E-state index in [9.17, 15) is 0 Å². The summed E-state index contributed by atoms with van der Waals surface area (Å²) < 4.78 is 1.83. The third kappa shape index (κ3) is 1.29. The molecule has 74 valence electrons. The molecule has 0 saturated heterocycles. The summed E-state index contributed by atoms with van der Waals surface area (Å²) in [6.45, 7) is 6.66. The maximum atomic E-state index is 4.33. The monoisotopic (exact) mass is 189 g/mol. The minimum absolute atomic E-state index is 0.162. The van der Waals surface area contributed by atoms with Crippen LogP contribution in [0.4, 0.5) is 0 Å². The quantitative estimate of drug-likeness (QED) is 0.726. The van der Waals surface area contributed by atoms with Gasteiger partial charge in [-0.2, -0.15) is 5.10 Å². The van der Waals surface area contributed by atoms with E-state index in [0.29, 0.717) is 0 Å². The summed E-state index contributed by atoms with van der Waals surface area (Å²) in [6, 6.07) is 2.06. The first kappa shape index (κ1) is 9.19. The highest BCUT2D eigenvalue weighted by Gasteiger charge is 2.21. The molecule has 0 spiro atoms. The molecule has 0 amide bonds. The molecule has 3 nitrogen and oxygen atoms in total. The number of hydrogen-bond donors (Lipinski definition) is 0. The Morgan fingerprint density at radius 2 is 2.14 bits per heavy atom. The molecule has 14 heavy (non-hydrogen) atoms. The molecule has 3 heteroatoms. The van der Waals surface area contributed by atoms with Crippen molar-refractivity contribution in [1.82, 2.24) is 14.6 Å². The molecule has 0 saturated carbocycles. The average molecular weight is 189 g/mol. The van der Waals surface area contributed by atoms with Gasteiger partial charge in [0.25, 0.3) is 0 Å². The smallest absolute Gasteiger partial charge is 0.157 e. The van der Waals surface area contributed by atoms with Crippen LogP contribution in [0.25, 0.3) is 5.65 Å². The van der Waals surface area contributed by atoms with Crippen LogP contribution < -0.4 is 0 Å². The lowest BCUT2D eigenvalue weighted by molar-refractivity contribution is 0.506. The molecule has 0 aliphatic heterocycles. The first-order valence-electron chi connectivity index (χ1n) is 4.94. The van der Waals surface area contributed by atoms with Crippen LogP contribution in [0.1, 0.15) is 32.8 Å². The first-order valence-corrected chi connectivity index (χ1v) is 4.94. The van der Waals surface area contributed by atoms with Crippen LogP contribution >= 0.6 is 0 Å². The Balaban J connectivity index is 2.67. The summed E-state index contributed by atoms with van der Waals surface area (Å²) in [5, 5.41) is 4.20. The van der Waals surface area contributed by atoms with Gasteiger partial charge in [0.05, 0.1) is 0 Å². The van der Waals surface area contributed by atoms with Crippen LogP contribution in [-0.4, -0.2) is 14.6 Å². The number of rotatable bonds is 2. The maximum Gasteiger partial charge on any atom is 0.157 e. The van der Waals surface area contributed by atoms with Crippen LogP contribution in [-0.2, 0) is 5.41 Å². The van der Waals surface area contributed by atoms with Crippen molar-refractivity contribution in [3.8, 4) is 0 Å². The summed E-state index contributed by atoms with van der Waals surface area (Å²) >= 11 is 0. The van der Waals surface area contributed by atoms with E-state index in [2.05, 4.69) is 36.9 Å². The molecule has 2 heterocycles. The number of imidazole rings is 1. The van der Waals surface area contributed by atoms with Gasteiger partial charge in [0.15, 0.2) is 5.65 Å². The van der Waals surface area contributed by atoms with E-state index in [-0.39, 0.29) is 5.41 Å². The Hall–Kier alpha value is -1.38. The third-order valence-corrected chi connectivity index (χ3v) is 2.91. The van der Waals surface area contributed by atoms with E-state index >= 15 is 0 Å². The molecule has 0 aliphatic carbocycles. The van der Waals surface area contributed by atoms with Gasteiger partial charge >= 0.3 is 0 Å². The van der Waals surface area contributed by atoms with Crippen molar-refractivity contribution in [2.45, 2.75) is 32.6 Å². The molecule has 0 aromatic carbocycles. The summed E-state index contributed by atoms with van der Waals surface area (Å²) in [5.74, 6) is 0. The van der Waals surface area contributed by atoms with Crippen molar-refractivity contribution >= 4 is 5.65 Å². The SMILES string of the molecule is CCC(C)(C)c1ccnn2ccnc12. The summed E-state index contributed by atoms with van der Waals surface area (Å²) in [4.78, 5) is 4.33. The normalized spacial score (nSPS) is 12.2. The number of nitrogens with zero attached hydrogens (tertiary/aromatic N) is 3. The standard InChI is InChI=1S/C11H15N3/c1-4-11(2,3)9-5-6-13-14-8-7-12-10(9)14/h5-8H,4H2,1-3H3. The fourth-order valence-electron chi connectivity index (χ4n) is 1.56. The molecule has 0 unspecified atom stereocenters. The Bertz CT molecular complexity index is 442. The topological polar surface area (TPSA) is 30.2 Å². The van der Waals surface area contributed by atoms with Crippen molar-refractivity contribution in [3.05, 3.63) is 30.2 Å². The maximum absolute atomic E-state index is 4.33. The van der Waals surface area contributed by atoms with Crippen LogP contribution in [0, 0.1) is 0 Å². The van der Waals surface area contributed by atoms with E-state index in [1.54, 1.807) is 6.20 Å².